The topological polar surface area (TPSA) is 3.01 Å². The molecule has 2 aromatic carbocycles. The van der Waals surface area contributed by atoms with Gasteiger partial charge in [0.15, 0.2) is 0 Å². The SMILES string of the molecule is CC1CN1P(=S)(c1ccccc1)c1ccccc1. The fourth-order valence-corrected chi connectivity index (χ4v) is 6.80. The van der Waals surface area contributed by atoms with Crippen molar-refractivity contribution < 1.29 is 0 Å². The van der Waals surface area contributed by atoms with Gasteiger partial charge in [0.2, 0.25) is 0 Å². The molecule has 1 aliphatic rings. The first kappa shape index (κ1) is 12.1. The Hall–Kier alpha value is -0.950. The van der Waals surface area contributed by atoms with Gasteiger partial charge in [-0.1, -0.05) is 72.5 Å². The highest BCUT2D eigenvalue weighted by atomic mass is 32.4. The van der Waals surface area contributed by atoms with Crippen molar-refractivity contribution in [2.45, 2.75) is 13.0 Å². The quantitative estimate of drug-likeness (QED) is 0.625. The second-order valence-electron chi connectivity index (χ2n) is 4.72. The van der Waals surface area contributed by atoms with Gasteiger partial charge in [-0.05, 0) is 6.92 Å². The third kappa shape index (κ3) is 1.95. The molecule has 1 fully saturated rings. The molecule has 2 atom stereocenters. The van der Waals surface area contributed by atoms with Gasteiger partial charge in [-0.2, -0.15) is 0 Å². The molecule has 0 aromatic heterocycles. The minimum atomic E-state index is -1.77. The predicted molar refractivity (Wildman–Crippen MR) is 82.6 cm³/mol. The Balaban J connectivity index is 2.14. The molecule has 2 aromatic rings. The van der Waals surface area contributed by atoms with Gasteiger partial charge in [-0.15, -0.1) is 0 Å². The fraction of sp³-hybridized carbons (Fsp3) is 0.200. The molecule has 0 N–H and O–H groups in total. The zero-order valence-corrected chi connectivity index (χ0v) is 12.1. The number of hydrogen-bond acceptors (Lipinski definition) is 1. The van der Waals surface area contributed by atoms with Gasteiger partial charge >= 0.3 is 0 Å². The molecule has 1 saturated heterocycles. The van der Waals surface area contributed by atoms with Crippen LogP contribution < -0.4 is 10.6 Å². The van der Waals surface area contributed by atoms with Crippen LogP contribution in [-0.4, -0.2) is 17.3 Å². The monoisotopic (exact) mass is 273 g/mol. The van der Waals surface area contributed by atoms with Crippen LogP contribution in [0.2, 0.25) is 0 Å². The first-order valence-corrected chi connectivity index (χ1v) is 8.97. The molecule has 3 heteroatoms. The van der Waals surface area contributed by atoms with Crippen LogP contribution in [0.1, 0.15) is 6.92 Å². The molecule has 1 heterocycles. The molecule has 92 valence electrons. The summed E-state index contributed by atoms with van der Waals surface area (Å²) in [6, 6.07) is 21.8. The van der Waals surface area contributed by atoms with E-state index in [1.54, 1.807) is 0 Å². The number of rotatable bonds is 3. The van der Waals surface area contributed by atoms with E-state index in [2.05, 4.69) is 72.3 Å². The van der Waals surface area contributed by atoms with Crippen LogP contribution in [0.5, 0.6) is 0 Å². The Bertz CT molecular complexity index is 538. The van der Waals surface area contributed by atoms with E-state index in [0.717, 1.165) is 6.54 Å². The number of benzene rings is 2. The number of nitrogens with zero attached hydrogens (tertiary/aromatic N) is 1. The minimum Gasteiger partial charge on any atom is -0.262 e. The Morgan fingerprint density at radius 2 is 1.33 bits per heavy atom. The molecule has 2 unspecified atom stereocenters. The average molecular weight is 273 g/mol. The zero-order valence-electron chi connectivity index (χ0n) is 10.4. The summed E-state index contributed by atoms with van der Waals surface area (Å²) in [5.41, 5.74) is 0. The van der Waals surface area contributed by atoms with Crippen molar-refractivity contribution in [3.05, 3.63) is 60.7 Å². The molecule has 1 nitrogen and oxygen atoms in total. The molecule has 0 spiro atoms. The third-order valence-electron chi connectivity index (χ3n) is 3.40. The van der Waals surface area contributed by atoms with Crippen LogP contribution in [0.15, 0.2) is 60.7 Å². The van der Waals surface area contributed by atoms with Crippen LogP contribution in [-0.2, 0) is 11.8 Å². The normalized spacial score (nSPS) is 22.7. The molecule has 1 aliphatic heterocycles. The van der Waals surface area contributed by atoms with Crippen molar-refractivity contribution >= 4 is 28.6 Å². The van der Waals surface area contributed by atoms with Gasteiger partial charge in [0.1, 0.15) is 0 Å². The highest BCUT2D eigenvalue weighted by Gasteiger charge is 2.42. The number of hydrogen-bond donors (Lipinski definition) is 0. The summed E-state index contributed by atoms with van der Waals surface area (Å²) in [5.74, 6) is 0. The maximum Gasteiger partial charge on any atom is 0.0713 e. The maximum atomic E-state index is 6.14. The Morgan fingerprint density at radius 1 is 0.944 bits per heavy atom. The van der Waals surface area contributed by atoms with Crippen molar-refractivity contribution in [1.29, 1.82) is 0 Å². The predicted octanol–water partition coefficient (Wildman–Crippen LogP) is 2.74. The van der Waals surface area contributed by atoms with Gasteiger partial charge in [0, 0.05) is 23.2 Å². The second-order valence-corrected chi connectivity index (χ2v) is 9.00. The molecule has 0 aliphatic carbocycles. The smallest absolute Gasteiger partial charge is 0.0713 e. The van der Waals surface area contributed by atoms with E-state index in [9.17, 15) is 0 Å². The highest BCUT2D eigenvalue weighted by Crippen LogP contribution is 2.54. The van der Waals surface area contributed by atoms with Crippen molar-refractivity contribution in [3.63, 3.8) is 0 Å². The summed E-state index contributed by atoms with van der Waals surface area (Å²) in [7, 11) is 0. The van der Waals surface area contributed by atoms with E-state index in [4.69, 9.17) is 11.8 Å². The summed E-state index contributed by atoms with van der Waals surface area (Å²) >= 11 is 6.14. The molecule has 0 amide bonds. The molecule has 0 radical (unpaired) electrons. The van der Waals surface area contributed by atoms with E-state index < -0.39 is 6.19 Å². The first-order valence-electron chi connectivity index (χ1n) is 6.21. The lowest BCUT2D eigenvalue weighted by Crippen LogP contribution is -2.21. The van der Waals surface area contributed by atoms with Gasteiger partial charge in [-0.3, -0.25) is 4.67 Å². The molecule has 3 rings (SSSR count). The average Bonchev–Trinajstić information content (AvgIpc) is 3.17. The lowest BCUT2D eigenvalue weighted by atomic mass is 10.4. The molecule has 18 heavy (non-hydrogen) atoms. The highest BCUT2D eigenvalue weighted by molar-refractivity contribution is 8.20. The van der Waals surface area contributed by atoms with Gasteiger partial charge < -0.3 is 0 Å². The van der Waals surface area contributed by atoms with Crippen LogP contribution >= 0.6 is 6.19 Å². The third-order valence-corrected chi connectivity index (χ3v) is 8.57. The fourth-order valence-electron chi connectivity index (χ4n) is 2.32. The standard InChI is InChI=1S/C15H16NPS/c1-13-12-16(13)17(18,14-8-4-2-5-9-14)15-10-6-3-7-11-15/h2-11,13H,12H2,1H3. The Morgan fingerprint density at radius 3 is 1.67 bits per heavy atom. The summed E-state index contributed by atoms with van der Waals surface area (Å²) in [5, 5.41) is 2.60. The second kappa shape index (κ2) is 4.62. The maximum absolute atomic E-state index is 6.14. The van der Waals surface area contributed by atoms with E-state index in [1.165, 1.54) is 10.6 Å². The lowest BCUT2D eigenvalue weighted by molar-refractivity contribution is 0.833. The largest absolute Gasteiger partial charge is 0.262 e. The van der Waals surface area contributed by atoms with Crippen LogP contribution in [0.3, 0.4) is 0 Å². The summed E-state index contributed by atoms with van der Waals surface area (Å²) < 4.78 is 2.48. The van der Waals surface area contributed by atoms with Gasteiger partial charge in [0.25, 0.3) is 0 Å². The van der Waals surface area contributed by atoms with Crippen molar-refractivity contribution in [2.24, 2.45) is 0 Å². The van der Waals surface area contributed by atoms with E-state index in [-0.39, 0.29) is 0 Å². The summed E-state index contributed by atoms with van der Waals surface area (Å²) in [4.78, 5) is 0. The van der Waals surface area contributed by atoms with E-state index >= 15 is 0 Å². The first-order chi connectivity index (χ1) is 8.73. The van der Waals surface area contributed by atoms with Gasteiger partial charge in [-0.25, -0.2) is 0 Å². The summed E-state index contributed by atoms with van der Waals surface area (Å²) in [6.45, 7) is 3.38. The molecular formula is C15H16NPS. The zero-order chi connectivity index (χ0) is 12.6. The molecule has 0 bridgehead atoms. The van der Waals surface area contributed by atoms with Crippen molar-refractivity contribution in [3.8, 4) is 0 Å². The van der Waals surface area contributed by atoms with Gasteiger partial charge in [0.05, 0.1) is 6.19 Å². The van der Waals surface area contributed by atoms with Crippen LogP contribution in [0, 0.1) is 0 Å². The summed E-state index contributed by atoms with van der Waals surface area (Å²) in [6.07, 6.45) is -1.77. The molecular weight excluding hydrogens is 257 g/mol. The van der Waals surface area contributed by atoms with Crippen molar-refractivity contribution in [2.75, 3.05) is 6.54 Å². The van der Waals surface area contributed by atoms with E-state index in [1.807, 2.05) is 0 Å². The Labute approximate surface area is 114 Å². The van der Waals surface area contributed by atoms with Crippen LogP contribution in [0.25, 0.3) is 0 Å². The van der Waals surface area contributed by atoms with E-state index in [0.29, 0.717) is 6.04 Å². The van der Waals surface area contributed by atoms with Crippen LogP contribution in [0.4, 0.5) is 0 Å². The Kier molecular flexibility index (Phi) is 3.11. The minimum absolute atomic E-state index is 0.622. The van der Waals surface area contributed by atoms with Crippen molar-refractivity contribution in [1.82, 2.24) is 4.67 Å². The lowest BCUT2D eigenvalue weighted by Gasteiger charge is -2.25. The molecule has 0 saturated carbocycles.